The third-order valence-corrected chi connectivity index (χ3v) is 2.95. The molecule has 1 nitrogen and oxygen atoms in total. The van der Waals surface area contributed by atoms with E-state index in [1.54, 1.807) is 0 Å². The Morgan fingerprint density at radius 1 is 1.19 bits per heavy atom. The van der Waals surface area contributed by atoms with Gasteiger partial charge in [-0.2, -0.15) is 0 Å². The Morgan fingerprint density at radius 2 is 2.00 bits per heavy atom. The number of hydrogen-bond donors (Lipinski definition) is 1. The van der Waals surface area contributed by atoms with Crippen LogP contribution in [-0.2, 0) is 0 Å². The average molecular weight is 234 g/mol. The summed E-state index contributed by atoms with van der Waals surface area (Å²) in [5.74, 6) is 0. The van der Waals surface area contributed by atoms with Crippen LogP contribution in [-0.4, -0.2) is 13.1 Å². The standard InChI is InChI=1S/C14H16ClN/c15-14-6-2-5-13(11-14)4-1-3-12-7-9-16-10-8-12/h1-6,11,16H,7-10H2. The van der Waals surface area contributed by atoms with Crippen LogP contribution in [0.5, 0.6) is 0 Å². The van der Waals surface area contributed by atoms with Gasteiger partial charge in [-0.15, -0.1) is 0 Å². The van der Waals surface area contributed by atoms with Gasteiger partial charge in [0.15, 0.2) is 0 Å². The first-order chi connectivity index (χ1) is 7.84. The maximum atomic E-state index is 5.91. The Bertz CT molecular complexity index is 399. The lowest BCUT2D eigenvalue weighted by molar-refractivity contribution is 0.610. The Kier molecular flexibility index (Phi) is 4.20. The minimum absolute atomic E-state index is 0.789. The molecule has 1 fully saturated rings. The van der Waals surface area contributed by atoms with E-state index in [1.165, 1.54) is 18.4 Å². The molecule has 1 aromatic carbocycles. The number of halogens is 1. The van der Waals surface area contributed by atoms with E-state index >= 15 is 0 Å². The van der Waals surface area contributed by atoms with Gasteiger partial charge in [0.1, 0.15) is 0 Å². The molecule has 1 aromatic rings. The molecule has 0 atom stereocenters. The normalized spacial score (nSPS) is 16.7. The van der Waals surface area contributed by atoms with Gasteiger partial charge in [-0.3, -0.25) is 0 Å². The number of allylic oxidation sites excluding steroid dienone is 2. The van der Waals surface area contributed by atoms with Crippen molar-refractivity contribution in [3.63, 3.8) is 0 Å². The number of piperidine rings is 1. The summed E-state index contributed by atoms with van der Waals surface area (Å²) in [5, 5.41) is 4.14. The summed E-state index contributed by atoms with van der Waals surface area (Å²) in [4.78, 5) is 0. The summed E-state index contributed by atoms with van der Waals surface area (Å²) in [7, 11) is 0. The molecule has 1 saturated heterocycles. The molecular weight excluding hydrogens is 218 g/mol. The van der Waals surface area contributed by atoms with Crippen LogP contribution in [0.2, 0.25) is 5.02 Å². The highest BCUT2D eigenvalue weighted by Crippen LogP contribution is 2.13. The fraction of sp³-hybridized carbons (Fsp3) is 0.286. The molecule has 0 aromatic heterocycles. The topological polar surface area (TPSA) is 12.0 Å². The molecule has 0 bridgehead atoms. The molecule has 1 N–H and O–H groups in total. The van der Waals surface area contributed by atoms with Gasteiger partial charge in [0, 0.05) is 5.02 Å². The van der Waals surface area contributed by atoms with Crippen molar-refractivity contribution < 1.29 is 0 Å². The molecular formula is C14H16ClN. The summed E-state index contributed by atoms with van der Waals surface area (Å²) in [6, 6.07) is 7.89. The molecule has 16 heavy (non-hydrogen) atoms. The highest BCUT2D eigenvalue weighted by atomic mass is 35.5. The summed E-state index contributed by atoms with van der Waals surface area (Å²) in [6.45, 7) is 2.22. The number of nitrogens with one attached hydrogen (secondary N) is 1. The molecule has 2 heteroatoms. The number of hydrogen-bond acceptors (Lipinski definition) is 1. The van der Waals surface area contributed by atoms with E-state index in [0.717, 1.165) is 23.7 Å². The van der Waals surface area contributed by atoms with Crippen LogP contribution in [0.25, 0.3) is 6.08 Å². The van der Waals surface area contributed by atoms with Gasteiger partial charge in [-0.25, -0.2) is 0 Å². The van der Waals surface area contributed by atoms with Gasteiger partial charge >= 0.3 is 0 Å². The first kappa shape index (κ1) is 11.4. The minimum Gasteiger partial charge on any atom is -0.316 e. The molecule has 1 heterocycles. The van der Waals surface area contributed by atoms with Crippen molar-refractivity contribution in [2.24, 2.45) is 0 Å². The maximum absolute atomic E-state index is 5.91. The van der Waals surface area contributed by atoms with E-state index < -0.39 is 0 Å². The van der Waals surface area contributed by atoms with Crippen LogP contribution in [0.1, 0.15) is 18.4 Å². The Morgan fingerprint density at radius 3 is 2.75 bits per heavy atom. The Balaban J connectivity index is 1.98. The highest BCUT2D eigenvalue weighted by molar-refractivity contribution is 6.30. The Hall–Kier alpha value is -1.05. The lowest BCUT2D eigenvalue weighted by Gasteiger charge is -2.14. The average Bonchev–Trinajstić information content (AvgIpc) is 2.30. The first-order valence-corrected chi connectivity index (χ1v) is 6.05. The van der Waals surface area contributed by atoms with Crippen LogP contribution >= 0.6 is 11.6 Å². The fourth-order valence-electron chi connectivity index (χ4n) is 1.82. The van der Waals surface area contributed by atoms with Crippen molar-refractivity contribution >= 4 is 17.7 Å². The first-order valence-electron chi connectivity index (χ1n) is 5.67. The zero-order valence-electron chi connectivity index (χ0n) is 9.25. The predicted octanol–water partition coefficient (Wildman–Crippen LogP) is 3.66. The van der Waals surface area contributed by atoms with E-state index in [4.69, 9.17) is 11.6 Å². The van der Waals surface area contributed by atoms with Gasteiger partial charge < -0.3 is 5.32 Å². The lowest BCUT2D eigenvalue weighted by Crippen LogP contribution is -2.22. The summed E-state index contributed by atoms with van der Waals surface area (Å²) in [6.07, 6.45) is 8.77. The summed E-state index contributed by atoms with van der Waals surface area (Å²) < 4.78 is 0. The predicted molar refractivity (Wildman–Crippen MR) is 70.7 cm³/mol. The second-order valence-corrected chi connectivity index (χ2v) is 4.43. The van der Waals surface area contributed by atoms with E-state index in [-0.39, 0.29) is 0 Å². The van der Waals surface area contributed by atoms with Crippen LogP contribution in [0, 0.1) is 0 Å². The van der Waals surface area contributed by atoms with Crippen molar-refractivity contribution in [1.29, 1.82) is 0 Å². The molecule has 1 aliphatic heterocycles. The van der Waals surface area contributed by atoms with Crippen LogP contribution in [0.4, 0.5) is 0 Å². The molecule has 0 spiro atoms. The molecule has 0 amide bonds. The van der Waals surface area contributed by atoms with E-state index in [9.17, 15) is 0 Å². The largest absolute Gasteiger partial charge is 0.316 e. The van der Waals surface area contributed by atoms with Gasteiger partial charge in [0.25, 0.3) is 0 Å². The van der Waals surface area contributed by atoms with Gasteiger partial charge in [-0.1, -0.05) is 47.5 Å². The van der Waals surface area contributed by atoms with Crippen LogP contribution in [0.15, 0.2) is 42.0 Å². The SMILES string of the molecule is Clc1cccc(C=CC=C2CCNCC2)c1. The molecule has 1 aliphatic rings. The number of rotatable bonds is 2. The van der Waals surface area contributed by atoms with Crippen molar-refractivity contribution in [3.05, 3.63) is 52.6 Å². The monoisotopic (exact) mass is 233 g/mol. The molecule has 2 rings (SSSR count). The quantitative estimate of drug-likeness (QED) is 0.822. The summed E-state index contributed by atoms with van der Waals surface area (Å²) >= 11 is 5.91. The zero-order chi connectivity index (χ0) is 11.2. The fourth-order valence-corrected chi connectivity index (χ4v) is 2.02. The second kappa shape index (κ2) is 5.88. The van der Waals surface area contributed by atoms with Gasteiger partial charge in [-0.05, 0) is 43.6 Å². The third-order valence-electron chi connectivity index (χ3n) is 2.72. The third kappa shape index (κ3) is 3.51. The van der Waals surface area contributed by atoms with E-state index in [0.29, 0.717) is 0 Å². The zero-order valence-corrected chi connectivity index (χ0v) is 10.0. The van der Waals surface area contributed by atoms with Crippen molar-refractivity contribution in [1.82, 2.24) is 5.32 Å². The minimum atomic E-state index is 0.789. The van der Waals surface area contributed by atoms with Crippen LogP contribution in [0.3, 0.4) is 0 Å². The van der Waals surface area contributed by atoms with Crippen molar-refractivity contribution in [2.75, 3.05) is 13.1 Å². The Labute approximate surface area is 102 Å². The number of benzene rings is 1. The smallest absolute Gasteiger partial charge is 0.0411 e. The molecule has 0 aliphatic carbocycles. The van der Waals surface area contributed by atoms with Gasteiger partial charge in [0.2, 0.25) is 0 Å². The molecule has 0 radical (unpaired) electrons. The van der Waals surface area contributed by atoms with Crippen molar-refractivity contribution in [2.45, 2.75) is 12.8 Å². The molecule has 0 unspecified atom stereocenters. The van der Waals surface area contributed by atoms with Crippen LogP contribution < -0.4 is 5.32 Å². The second-order valence-electron chi connectivity index (χ2n) is 3.99. The molecule has 84 valence electrons. The summed E-state index contributed by atoms with van der Waals surface area (Å²) in [5.41, 5.74) is 2.68. The van der Waals surface area contributed by atoms with Crippen molar-refractivity contribution in [3.8, 4) is 0 Å². The maximum Gasteiger partial charge on any atom is 0.0411 e. The molecule has 0 saturated carbocycles. The highest BCUT2D eigenvalue weighted by Gasteiger charge is 2.01. The lowest BCUT2D eigenvalue weighted by atomic mass is 10.1. The van der Waals surface area contributed by atoms with Gasteiger partial charge in [0.05, 0.1) is 0 Å². The van der Waals surface area contributed by atoms with E-state index in [1.807, 2.05) is 18.2 Å². The van der Waals surface area contributed by atoms with E-state index in [2.05, 4.69) is 29.6 Å².